The molecule has 2 N–H and O–H groups in total. The summed E-state index contributed by atoms with van der Waals surface area (Å²) in [7, 11) is 0. The molecule has 1 saturated heterocycles. The smallest absolute Gasteiger partial charge is 0.334 e. The predicted molar refractivity (Wildman–Crippen MR) is 77.9 cm³/mol. The topological polar surface area (TPSA) is 87.1 Å². The number of aliphatic hydroxyl groups is 1. The molecule has 0 aliphatic carbocycles. The van der Waals surface area contributed by atoms with Crippen LogP contribution >= 0.6 is 0 Å². The van der Waals surface area contributed by atoms with Crippen molar-refractivity contribution < 1.29 is 24.5 Å². The molecular formula is C15H27NO5. The highest BCUT2D eigenvalue weighted by Crippen LogP contribution is 2.25. The zero-order chi connectivity index (χ0) is 16.0. The molecule has 0 saturated carbocycles. The Bertz CT molecular complexity index is 365. The number of nitrogens with zero attached hydrogens (tertiary/aromatic N) is 1. The molecule has 6 heteroatoms. The first-order valence-corrected chi connectivity index (χ1v) is 7.69. The van der Waals surface area contributed by atoms with E-state index in [1.54, 1.807) is 6.92 Å². The van der Waals surface area contributed by atoms with Crippen LogP contribution in [-0.2, 0) is 14.3 Å². The van der Waals surface area contributed by atoms with Crippen molar-refractivity contribution in [1.82, 2.24) is 4.90 Å². The maximum atomic E-state index is 12.4. The number of carbonyl (C=O) groups is 2. The highest BCUT2D eigenvalue weighted by Gasteiger charge is 2.36. The fourth-order valence-electron chi connectivity index (χ4n) is 2.92. The monoisotopic (exact) mass is 301 g/mol. The first-order valence-electron chi connectivity index (χ1n) is 7.69. The van der Waals surface area contributed by atoms with E-state index >= 15 is 0 Å². The lowest BCUT2D eigenvalue weighted by Crippen LogP contribution is -2.53. The lowest BCUT2D eigenvalue weighted by atomic mass is 9.88. The van der Waals surface area contributed by atoms with Crippen LogP contribution in [-0.4, -0.2) is 57.9 Å². The average molecular weight is 301 g/mol. The summed E-state index contributed by atoms with van der Waals surface area (Å²) < 4.78 is 5.30. The number of carboxylic acid groups (broad SMARTS) is 1. The Hall–Kier alpha value is -1.14. The molecule has 0 aromatic heterocycles. The van der Waals surface area contributed by atoms with Gasteiger partial charge in [0.15, 0.2) is 6.10 Å². The standard InChI is InChI=1S/C15H27NO5/c1-4-6-15(20,7-5-2)8-13(17)16-9-11(3)21-12(10-16)14(18)19/h11-12,20H,4-10H2,1-3H3,(H,18,19)/t11-,12?/m1/s1. The summed E-state index contributed by atoms with van der Waals surface area (Å²) in [6.07, 6.45) is 1.52. The Morgan fingerprint density at radius 2 is 1.81 bits per heavy atom. The molecule has 1 rings (SSSR count). The number of amides is 1. The Kier molecular flexibility index (Phi) is 6.61. The van der Waals surface area contributed by atoms with E-state index in [4.69, 9.17) is 9.84 Å². The van der Waals surface area contributed by atoms with Crippen LogP contribution in [0.15, 0.2) is 0 Å². The van der Waals surface area contributed by atoms with Crippen LogP contribution in [0.3, 0.4) is 0 Å². The van der Waals surface area contributed by atoms with Crippen molar-refractivity contribution in [2.75, 3.05) is 13.1 Å². The molecule has 1 fully saturated rings. The molecule has 6 nitrogen and oxygen atoms in total. The third-order valence-corrected chi connectivity index (χ3v) is 3.80. The van der Waals surface area contributed by atoms with Gasteiger partial charge in [0.25, 0.3) is 0 Å². The second kappa shape index (κ2) is 7.75. The first-order chi connectivity index (χ1) is 9.81. The molecule has 0 radical (unpaired) electrons. The van der Waals surface area contributed by atoms with Gasteiger partial charge in [0.05, 0.1) is 24.7 Å². The molecule has 1 aliphatic heterocycles. The van der Waals surface area contributed by atoms with E-state index in [9.17, 15) is 14.7 Å². The van der Waals surface area contributed by atoms with Gasteiger partial charge in [-0.25, -0.2) is 4.79 Å². The fraction of sp³-hybridized carbons (Fsp3) is 0.867. The molecule has 0 spiro atoms. The highest BCUT2D eigenvalue weighted by molar-refractivity contribution is 5.79. The van der Waals surface area contributed by atoms with Gasteiger partial charge in [-0.15, -0.1) is 0 Å². The van der Waals surface area contributed by atoms with E-state index in [2.05, 4.69) is 0 Å². The summed E-state index contributed by atoms with van der Waals surface area (Å²) in [6.45, 7) is 6.12. The average Bonchev–Trinajstić information content (AvgIpc) is 2.38. The zero-order valence-corrected chi connectivity index (χ0v) is 13.2. The van der Waals surface area contributed by atoms with Crippen LogP contribution in [0.4, 0.5) is 0 Å². The van der Waals surface area contributed by atoms with E-state index in [0.29, 0.717) is 19.4 Å². The summed E-state index contributed by atoms with van der Waals surface area (Å²) in [5.41, 5.74) is -0.985. The van der Waals surface area contributed by atoms with Gasteiger partial charge < -0.3 is 19.8 Å². The van der Waals surface area contributed by atoms with E-state index in [-0.39, 0.29) is 25.0 Å². The number of aliphatic carboxylic acids is 1. The van der Waals surface area contributed by atoms with Crippen molar-refractivity contribution in [1.29, 1.82) is 0 Å². The molecule has 1 aliphatic rings. The molecule has 0 aromatic rings. The Labute approximate surface area is 126 Å². The van der Waals surface area contributed by atoms with Crippen LogP contribution in [0.25, 0.3) is 0 Å². The molecule has 1 amide bonds. The van der Waals surface area contributed by atoms with Gasteiger partial charge in [0.1, 0.15) is 0 Å². The molecule has 21 heavy (non-hydrogen) atoms. The summed E-state index contributed by atoms with van der Waals surface area (Å²) in [5, 5.41) is 19.6. The molecular weight excluding hydrogens is 274 g/mol. The van der Waals surface area contributed by atoms with Crippen molar-refractivity contribution in [3.63, 3.8) is 0 Å². The molecule has 2 atom stereocenters. The lowest BCUT2D eigenvalue weighted by Gasteiger charge is -2.37. The van der Waals surface area contributed by atoms with Gasteiger partial charge in [0, 0.05) is 6.54 Å². The molecule has 1 unspecified atom stereocenters. The molecule has 1 heterocycles. The van der Waals surface area contributed by atoms with E-state index in [1.165, 1.54) is 4.90 Å². The van der Waals surface area contributed by atoms with Gasteiger partial charge >= 0.3 is 5.97 Å². The summed E-state index contributed by atoms with van der Waals surface area (Å²) in [5.74, 6) is -1.25. The maximum absolute atomic E-state index is 12.4. The number of carboxylic acids is 1. The minimum atomic E-state index is -1.06. The van der Waals surface area contributed by atoms with E-state index < -0.39 is 17.7 Å². The molecule has 122 valence electrons. The second-order valence-corrected chi connectivity index (χ2v) is 5.97. The Morgan fingerprint density at radius 1 is 1.24 bits per heavy atom. The third-order valence-electron chi connectivity index (χ3n) is 3.80. The van der Waals surface area contributed by atoms with Gasteiger partial charge in [-0.1, -0.05) is 26.7 Å². The van der Waals surface area contributed by atoms with Crippen molar-refractivity contribution in [3.05, 3.63) is 0 Å². The quantitative estimate of drug-likeness (QED) is 0.742. The minimum absolute atomic E-state index is 0.0484. The number of ether oxygens (including phenoxy) is 1. The SMILES string of the molecule is CCCC(O)(CCC)CC(=O)N1CC(C(=O)O)O[C@H](C)C1. The van der Waals surface area contributed by atoms with Crippen molar-refractivity contribution in [3.8, 4) is 0 Å². The van der Waals surface area contributed by atoms with Crippen LogP contribution in [0.1, 0.15) is 52.9 Å². The second-order valence-electron chi connectivity index (χ2n) is 5.97. The van der Waals surface area contributed by atoms with Crippen molar-refractivity contribution >= 4 is 11.9 Å². The normalized spacial score (nSPS) is 23.1. The predicted octanol–water partition coefficient (Wildman–Crippen LogP) is 1.41. The molecule has 0 bridgehead atoms. The Balaban J connectivity index is 2.70. The van der Waals surface area contributed by atoms with Crippen LogP contribution < -0.4 is 0 Å². The maximum Gasteiger partial charge on any atom is 0.334 e. The first kappa shape index (κ1) is 17.9. The van der Waals surface area contributed by atoms with Crippen molar-refractivity contribution in [2.24, 2.45) is 0 Å². The van der Waals surface area contributed by atoms with E-state index in [1.807, 2.05) is 13.8 Å². The number of hydrogen-bond donors (Lipinski definition) is 2. The van der Waals surface area contributed by atoms with Crippen LogP contribution in [0, 0.1) is 0 Å². The fourth-order valence-corrected chi connectivity index (χ4v) is 2.92. The summed E-state index contributed by atoms with van der Waals surface area (Å²) in [4.78, 5) is 24.9. The minimum Gasteiger partial charge on any atom is -0.479 e. The van der Waals surface area contributed by atoms with Crippen molar-refractivity contribution in [2.45, 2.75) is 70.7 Å². The Morgan fingerprint density at radius 3 is 2.29 bits per heavy atom. The lowest BCUT2D eigenvalue weighted by molar-refractivity contribution is -0.168. The summed E-state index contributed by atoms with van der Waals surface area (Å²) in [6, 6.07) is 0. The van der Waals surface area contributed by atoms with Gasteiger partial charge in [-0.3, -0.25) is 4.79 Å². The highest BCUT2D eigenvalue weighted by atomic mass is 16.5. The largest absolute Gasteiger partial charge is 0.479 e. The molecule has 0 aromatic carbocycles. The van der Waals surface area contributed by atoms with Gasteiger partial charge in [-0.05, 0) is 19.8 Å². The van der Waals surface area contributed by atoms with Crippen LogP contribution in [0.5, 0.6) is 0 Å². The van der Waals surface area contributed by atoms with Crippen LogP contribution in [0.2, 0.25) is 0 Å². The zero-order valence-electron chi connectivity index (χ0n) is 13.2. The number of rotatable bonds is 7. The summed E-state index contributed by atoms with van der Waals surface area (Å²) >= 11 is 0. The van der Waals surface area contributed by atoms with Gasteiger partial charge in [-0.2, -0.15) is 0 Å². The van der Waals surface area contributed by atoms with Gasteiger partial charge in [0.2, 0.25) is 5.91 Å². The number of carbonyl (C=O) groups excluding carboxylic acids is 1. The third kappa shape index (κ3) is 5.28. The number of morpholine rings is 1. The van der Waals surface area contributed by atoms with E-state index in [0.717, 1.165) is 12.8 Å². The number of hydrogen-bond acceptors (Lipinski definition) is 4.